The minimum absolute atomic E-state index is 0.0188. The summed E-state index contributed by atoms with van der Waals surface area (Å²) in [5.41, 5.74) is 0.100. The van der Waals surface area contributed by atoms with Crippen molar-refractivity contribution >= 4 is 17.9 Å². The fourth-order valence-corrected chi connectivity index (χ4v) is 1.96. The molecule has 0 spiro atoms. The van der Waals surface area contributed by atoms with Gasteiger partial charge in [-0.05, 0) is 37.5 Å². The van der Waals surface area contributed by atoms with Crippen LogP contribution in [0.25, 0.3) is 0 Å². The summed E-state index contributed by atoms with van der Waals surface area (Å²) in [4.78, 5) is 36.7. The second-order valence-corrected chi connectivity index (χ2v) is 5.40. The van der Waals surface area contributed by atoms with Crippen molar-refractivity contribution in [3.8, 4) is 0 Å². The number of carbonyl (C=O) groups excluding carboxylic acids is 3. The Hall–Kier alpha value is -3.15. The number of benzene rings is 1. The normalized spacial score (nSPS) is 9.78. The molecule has 0 aromatic heterocycles. The zero-order valence-electron chi connectivity index (χ0n) is 15.3. The summed E-state index contributed by atoms with van der Waals surface area (Å²) in [7, 11) is 0. The van der Waals surface area contributed by atoms with Gasteiger partial charge >= 0.3 is 17.9 Å². The molecule has 0 N–H and O–H groups in total. The van der Waals surface area contributed by atoms with Gasteiger partial charge in [-0.25, -0.2) is 14.4 Å². The molecule has 0 amide bonds. The number of esters is 3. The quantitative estimate of drug-likeness (QED) is 0.240. The average molecular weight is 372 g/mol. The molecule has 0 fully saturated rings. The number of hydrogen-bond acceptors (Lipinski definition) is 6. The van der Waals surface area contributed by atoms with Gasteiger partial charge < -0.3 is 14.2 Å². The molecule has 0 radical (unpaired) electrons. The summed E-state index contributed by atoms with van der Waals surface area (Å²) >= 11 is 0. The van der Waals surface area contributed by atoms with E-state index in [0.29, 0.717) is 19.3 Å². The van der Waals surface area contributed by atoms with Gasteiger partial charge in [0.25, 0.3) is 0 Å². The number of rotatable bonds is 12. The fraction of sp³-hybridized carbons (Fsp3) is 0.286. The molecule has 1 aromatic carbocycles. The van der Waals surface area contributed by atoms with Crippen LogP contribution in [-0.2, 0) is 14.2 Å². The van der Waals surface area contributed by atoms with Gasteiger partial charge in [0.2, 0.25) is 0 Å². The van der Waals surface area contributed by atoms with Crippen LogP contribution in [0.2, 0.25) is 0 Å². The first-order valence-corrected chi connectivity index (χ1v) is 8.53. The van der Waals surface area contributed by atoms with Crippen molar-refractivity contribution in [3.05, 3.63) is 72.9 Å². The Morgan fingerprint density at radius 3 is 1.63 bits per heavy atom. The maximum absolute atomic E-state index is 12.4. The van der Waals surface area contributed by atoms with Crippen LogP contribution in [0.3, 0.4) is 0 Å². The summed E-state index contributed by atoms with van der Waals surface area (Å²) < 4.78 is 15.3. The molecule has 1 rings (SSSR count). The van der Waals surface area contributed by atoms with E-state index in [1.54, 1.807) is 18.2 Å². The average Bonchev–Trinajstić information content (AvgIpc) is 2.67. The van der Waals surface area contributed by atoms with Crippen LogP contribution in [0, 0.1) is 0 Å². The molecular weight excluding hydrogens is 348 g/mol. The SMILES string of the molecule is C=CCCOC(=O)c1ccc(C(=O)OCCC=C)c(C(=O)OCCC=C)c1. The number of ether oxygens (including phenoxy) is 3. The van der Waals surface area contributed by atoms with Gasteiger partial charge in [-0.2, -0.15) is 0 Å². The predicted molar refractivity (Wildman–Crippen MR) is 102 cm³/mol. The third-order valence-electron chi connectivity index (χ3n) is 3.36. The Labute approximate surface area is 159 Å². The molecule has 0 saturated carbocycles. The second kappa shape index (κ2) is 12.2. The minimum Gasteiger partial charge on any atom is -0.462 e. The van der Waals surface area contributed by atoms with Gasteiger partial charge in [0.05, 0.1) is 36.5 Å². The monoisotopic (exact) mass is 372 g/mol. The van der Waals surface area contributed by atoms with Crippen LogP contribution in [0.1, 0.15) is 50.3 Å². The van der Waals surface area contributed by atoms with Crippen LogP contribution in [0.4, 0.5) is 0 Å². The molecule has 0 atom stereocenters. The van der Waals surface area contributed by atoms with E-state index in [0.717, 1.165) is 0 Å². The highest BCUT2D eigenvalue weighted by atomic mass is 16.5. The summed E-state index contributed by atoms with van der Waals surface area (Å²) in [5, 5.41) is 0. The standard InChI is InChI=1S/C21H24O6/c1-4-7-12-25-19(22)16-10-11-17(20(23)26-13-8-5-2)18(15-16)21(24)27-14-9-6-3/h4-6,10-11,15H,1-3,7-9,12-14H2. The molecule has 6 nitrogen and oxygen atoms in total. The van der Waals surface area contributed by atoms with Crippen LogP contribution in [0.15, 0.2) is 56.2 Å². The lowest BCUT2D eigenvalue weighted by molar-refractivity contribution is 0.0462. The predicted octanol–water partition coefficient (Wildman–Crippen LogP) is 3.89. The molecule has 0 saturated heterocycles. The van der Waals surface area contributed by atoms with E-state index in [2.05, 4.69) is 19.7 Å². The van der Waals surface area contributed by atoms with Crippen molar-refractivity contribution in [1.82, 2.24) is 0 Å². The van der Waals surface area contributed by atoms with Crippen molar-refractivity contribution in [2.24, 2.45) is 0 Å². The molecule has 0 aliphatic rings. The Bertz CT molecular complexity index is 705. The highest BCUT2D eigenvalue weighted by molar-refractivity contribution is 6.05. The fourth-order valence-electron chi connectivity index (χ4n) is 1.96. The molecule has 144 valence electrons. The third-order valence-corrected chi connectivity index (χ3v) is 3.36. The van der Waals surface area contributed by atoms with Gasteiger partial charge in [0.1, 0.15) is 0 Å². The van der Waals surface area contributed by atoms with Gasteiger partial charge in [-0.15, -0.1) is 19.7 Å². The Morgan fingerprint density at radius 1 is 0.704 bits per heavy atom. The highest BCUT2D eigenvalue weighted by Crippen LogP contribution is 2.17. The van der Waals surface area contributed by atoms with E-state index in [4.69, 9.17) is 14.2 Å². The van der Waals surface area contributed by atoms with Crippen molar-refractivity contribution in [3.63, 3.8) is 0 Å². The molecule has 27 heavy (non-hydrogen) atoms. The van der Waals surface area contributed by atoms with E-state index in [-0.39, 0.29) is 36.5 Å². The van der Waals surface area contributed by atoms with Gasteiger partial charge in [0.15, 0.2) is 0 Å². The summed E-state index contributed by atoms with van der Waals surface area (Å²) in [6.07, 6.45) is 6.30. The molecule has 0 heterocycles. The summed E-state index contributed by atoms with van der Waals surface area (Å²) in [6, 6.07) is 4.03. The minimum atomic E-state index is -0.728. The summed E-state index contributed by atoms with van der Waals surface area (Å²) in [6.45, 7) is 11.1. The zero-order chi connectivity index (χ0) is 20.1. The Morgan fingerprint density at radius 2 is 1.15 bits per heavy atom. The lowest BCUT2D eigenvalue weighted by atomic mass is 10.0. The van der Waals surface area contributed by atoms with Crippen molar-refractivity contribution in [1.29, 1.82) is 0 Å². The third kappa shape index (κ3) is 7.32. The van der Waals surface area contributed by atoms with E-state index in [1.165, 1.54) is 18.2 Å². The van der Waals surface area contributed by atoms with Crippen molar-refractivity contribution in [2.45, 2.75) is 19.3 Å². The smallest absolute Gasteiger partial charge is 0.339 e. The molecule has 0 bridgehead atoms. The molecule has 6 heteroatoms. The first-order valence-electron chi connectivity index (χ1n) is 8.53. The lowest BCUT2D eigenvalue weighted by Gasteiger charge is -2.11. The van der Waals surface area contributed by atoms with Gasteiger partial charge in [-0.1, -0.05) is 18.2 Å². The highest BCUT2D eigenvalue weighted by Gasteiger charge is 2.22. The number of hydrogen-bond donors (Lipinski definition) is 0. The van der Waals surface area contributed by atoms with Crippen LogP contribution >= 0.6 is 0 Å². The van der Waals surface area contributed by atoms with Gasteiger partial charge in [-0.3, -0.25) is 0 Å². The zero-order valence-corrected chi connectivity index (χ0v) is 15.3. The summed E-state index contributed by atoms with van der Waals surface area (Å²) in [5.74, 6) is -2.02. The van der Waals surface area contributed by atoms with Crippen LogP contribution in [-0.4, -0.2) is 37.7 Å². The van der Waals surface area contributed by atoms with Crippen molar-refractivity contribution in [2.75, 3.05) is 19.8 Å². The van der Waals surface area contributed by atoms with Gasteiger partial charge in [0, 0.05) is 0 Å². The molecule has 0 aliphatic heterocycles. The lowest BCUT2D eigenvalue weighted by Crippen LogP contribution is -2.17. The molecule has 0 unspecified atom stereocenters. The van der Waals surface area contributed by atoms with E-state index in [9.17, 15) is 14.4 Å². The first-order chi connectivity index (χ1) is 13.0. The topological polar surface area (TPSA) is 78.9 Å². The maximum atomic E-state index is 12.4. The van der Waals surface area contributed by atoms with Crippen LogP contribution < -0.4 is 0 Å². The largest absolute Gasteiger partial charge is 0.462 e. The van der Waals surface area contributed by atoms with Crippen LogP contribution in [0.5, 0.6) is 0 Å². The molecule has 1 aromatic rings. The Balaban J connectivity index is 3.06. The molecule has 0 aliphatic carbocycles. The number of carbonyl (C=O) groups is 3. The van der Waals surface area contributed by atoms with Crippen molar-refractivity contribution < 1.29 is 28.6 Å². The maximum Gasteiger partial charge on any atom is 0.339 e. The first kappa shape index (κ1) is 21.9. The second-order valence-electron chi connectivity index (χ2n) is 5.40. The molecular formula is C21H24O6. The Kier molecular flexibility index (Phi) is 9.93. The van der Waals surface area contributed by atoms with E-state index in [1.807, 2.05) is 0 Å². The van der Waals surface area contributed by atoms with E-state index < -0.39 is 17.9 Å². The van der Waals surface area contributed by atoms with E-state index >= 15 is 0 Å².